The molecule has 0 radical (unpaired) electrons. The summed E-state index contributed by atoms with van der Waals surface area (Å²) >= 11 is 0. The van der Waals surface area contributed by atoms with E-state index in [1.54, 1.807) is 22.9 Å². The van der Waals surface area contributed by atoms with Crippen LogP contribution in [0.1, 0.15) is 12.6 Å². The summed E-state index contributed by atoms with van der Waals surface area (Å²) in [5.74, 6) is -0.0486. The quantitative estimate of drug-likeness (QED) is 0.406. The molecule has 4 aromatic rings. The van der Waals surface area contributed by atoms with Gasteiger partial charge in [0.15, 0.2) is 11.5 Å². The van der Waals surface area contributed by atoms with Crippen LogP contribution < -0.4 is 10.9 Å². The highest BCUT2D eigenvalue weighted by molar-refractivity contribution is 5.76. The zero-order valence-electron chi connectivity index (χ0n) is 17.8. The van der Waals surface area contributed by atoms with Crippen molar-refractivity contribution in [2.45, 2.75) is 19.9 Å². The van der Waals surface area contributed by atoms with Crippen LogP contribution >= 0.6 is 0 Å². The predicted molar refractivity (Wildman–Crippen MR) is 122 cm³/mol. The lowest BCUT2D eigenvalue weighted by Crippen LogP contribution is -2.28. The lowest BCUT2D eigenvalue weighted by molar-refractivity contribution is 0.139. The van der Waals surface area contributed by atoms with Crippen LogP contribution in [0.2, 0.25) is 0 Å². The van der Waals surface area contributed by atoms with Crippen molar-refractivity contribution in [3.8, 4) is 11.3 Å². The van der Waals surface area contributed by atoms with Gasteiger partial charge in [-0.25, -0.2) is 14.4 Å². The van der Waals surface area contributed by atoms with Crippen molar-refractivity contribution in [2.24, 2.45) is 0 Å². The zero-order valence-corrected chi connectivity index (χ0v) is 17.8. The third kappa shape index (κ3) is 4.97. The van der Waals surface area contributed by atoms with Gasteiger partial charge in [0.1, 0.15) is 11.3 Å². The average Bonchev–Trinajstić information content (AvgIpc) is 2.82. The molecule has 1 aromatic carbocycles. The highest BCUT2D eigenvalue weighted by atomic mass is 19.1. The van der Waals surface area contributed by atoms with Crippen LogP contribution in [0.3, 0.4) is 0 Å². The summed E-state index contributed by atoms with van der Waals surface area (Å²) in [6.07, 6.45) is 2.41. The van der Waals surface area contributed by atoms with Crippen LogP contribution in [0, 0.1) is 5.82 Å². The van der Waals surface area contributed by atoms with Crippen molar-refractivity contribution in [2.75, 3.05) is 25.1 Å². The van der Waals surface area contributed by atoms with Crippen molar-refractivity contribution in [3.05, 3.63) is 82.7 Å². The fourth-order valence-electron chi connectivity index (χ4n) is 3.38. The molecule has 8 heteroatoms. The largest absolute Gasteiger partial charge is 0.380 e. The van der Waals surface area contributed by atoms with E-state index in [1.807, 2.05) is 37.3 Å². The molecule has 0 bridgehead atoms. The molecule has 0 aliphatic rings. The van der Waals surface area contributed by atoms with E-state index in [0.29, 0.717) is 49.6 Å². The van der Waals surface area contributed by atoms with E-state index in [2.05, 4.69) is 20.3 Å². The summed E-state index contributed by atoms with van der Waals surface area (Å²) in [7, 11) is 0. The van der Waals surface area contributed by atoms with Crippen LogP contribution in [0.5, 0.6) is 0 Å². The average molecular weight is 433 g/mol. The summed E-state index contributed by atoms with van der Waals surface area (Å²) in [5, 5.41) is 3.14. The molecule has 1 N–H and O–H groups in total. The van der Waals surface area contributed by atoms with E-state index >= 15 is 0 Å². The van der Waals surface area contributed by atoms with Crippen molar-refractivity contribution in [1.82, 2.24) is 19.5 Å². The lowest BCUT2D eigenvalue weighted by atomic mass is 10.1. The predicted octanol–water partition coefficient (Wildman–Crippen LogP) is 3.68. The van der Waals surface area contributed by atoms with Crippen LogP contribution in [0.25, 0.3) is 22.4 Å². The number of fused-ring (bicyclic) bond motifs is 1. The van der Waals surface area contributed by atoms with Gasteiger partial charge in [-0.15, -0.1) is 0 Å². The molecule has 4 rings (SSSR count). The Morgan fingerprint density at radius 2 is 1.91 bits per heavy atom. The monoisotopic (exact) mass is 433 g/mol. The number of hydrogen-bond donors (Lipinski definition) is 1. The van der Waals surface area contributed by atoms with E-state index in [-0.39, 0.29) is 17.2 Å². The molecule has 0 spiro atoms. The Bertz CT molecular complexity index is 1240. The second-order valence-corrected chi connectivity index (χ2v) is 7.16. The highest BCUT2D eigenvalue weighted by Crippen LogP contribution is 2.21. The SMILES string of the molecule is CCOCCn1c(=O)c(NCCc2ccccn2)nc2ccc(-c3ccc(F)cc3)nc21. The number of anilines is 1. The second kappa shape index (κ2) is 10.1. The molecule has 7 nitrogen and oxygen atoms in total. The third-order valence-electron chi connectivity index (χ3n) is 4.99. The summed E-state index contributed by atoms with van der Waals surface area (Å²) in [4.78, 5) is 26.7. The molecule has 0 fully saturated rings. The molecule has 164 valence electrons. The molecule has 0 saturated heterocycles. The summed E-state index contributed by atoms with van der Waals surface area (Å²) in [6, 6.07) is 15.5. The molecule has 0 amide bonds. The summed E-state index contributed by atoms with van der Waals surface area (Å²) < 4.78 is 20.3. The fourth-order valence-corrected chi connectivity index (χ4v) is 3.38. The Hall–Kier alpha value is -3.65. The number of hydrogen-bond acceptors (Lipinski definition) is 6. The maximum atomic E-state index is 13.3. The first-order valence-corrected chi connectivity index (χ1v) is 10.5. The zero-order chi connectivity index (χ0) is 22.3. The van der Waals surface area contributed by atoms with Crippen LogP contribution in [-0.4, -0.2) is 39.3 Å². The molecule has 0 aliphatic heterocycles. The number of nitrogens with one attached hydrogen (secondary N) is 1. The molecular weight excluding hydrogens is 409 g/mol. The lowest BCUT2D eigenvalue weighted by Gasteiger charge is -2.13. The molecule has 0 unspecified atom stereocenters. The number of halogens is 1. The Balaban J connectivity index is 1.67. The number of pyridine rings is 2. The Morgan fingerprint density at radius 1 is 1.06 bits per heavy atom. The molecule has 0 atom stereocenters. The topological polar surface area (TPSA) is 81.9 Å². The van der Waals surface area contributed by atoms with Crippen molar-refractivity contribution >= 4 is 17.0 Å². The van der Waals surface area contributed by atoms with E-state index in [1.165, 1.54) is 12.1 Å². The molecule has 3 heterocycles. The van der Waals surface area contributed by atoms with Gasteiger partial charge >= 0.3 is 0 Å². The molecular formula is C24H24FN5O2. The van der Waals surface area contributed by atoms with Gasteiger partial charge in [0.25, 0.3) is 5.56 Å². The first-order chi connectivity index (χ1) is 15.7. The molecule has 3 aromatic heterocycles. The van der Waals surface area contributed by atoms with Gasteiger partial charge in [-0.1, -0.05) is 6.07 Å². The van der Waals surface area contributed by atoms with Gasteiger partial charge in [-0.05, 0) is 55.5 Å². The van der Waals surface area contributed by atoms with E-state index in [9.17, 15) is 9.18 Å². The van der Waals surface area contributed by atoms with E-state index < -0.39 is 0 Å². The Kier molecular flexibility index (Phi) is 6.81. The van der Waals surface area contributed by atoms with Crippen molar-refractivity contribution in [3.63, 3.8) is 0 Å². The van der Waals surface area contributed by atoms with Gasteiger partial charge in [0.2, 0.25) is 0 Å². The third-order valence-corrected chi connectivity index (χ3v) is 4.99. The Morgan fingerprint density at radius 3 is 2.66 bits per heavy atom. The van der Waals surface area contributed by atoms with Crippen LogP contribution in [0.4, 0.5) is 10.2 Å². The van der Waals surface area contributed by atoms with Crippen LogP contribution in [0.15, 0.2) is 65.6 Å². The van der Waals surface area contributed by atoms with E-state index in [4.69, 9.17) is 4.74 Å². The normalized spacial score (nSPS) is 11.1. The number of nitrogens with zero attached hydrogens (tertiary/aromatic N) is 4. The molecule has 0 saturated carbocycles. The van der Waals surface area contributed by atoms with Crippen molar-refractivity contribution < 1.29 is 9.13 Å². The maximum Gasteiger partial charge on any atom is 0.295 e. The number of rotatable bonds is 9. The van der Waals surface area contributed by atoms with Crippen LogP contribution in [-0.2, 0) is 17.7 Å². The molecule has 32 heavy (non-hydrogen) atoms. The minimum atomic E-state index is -0.314. The Labute approximate surface area is 184 Å². The van der Waals surface area contributed by atoms with E-state index in [0.717, 1.165) is 11.3 Å². The minimum absolute atomic E-state index is 0.262. The second-order valence-electron chi connectivity index (χ2n) is 7.16. The number of ether oxygens (including phenoxy) is 1. The standard InChI is InChI=1S/C24H24FN5O2/c1-2-32-16-15-30-23-21(11-10-20(29-23)17-6-8-18(25)9-7-17)28-22(24(30)31)27-14-12-19-5-3-4-13-26-19/h3-11,13H,2,12,14-16H2,1H3,(H,27,28). The fraction of sp³-hybridized carbons (Fsp3) is 0.250. The summed E-state index contributed by atoms with van der Waals surface area (Å²) in [5.41, 5.74) is 3.12. The maximum absolute atomic E-state index is 13.3. The minimum Gasteiger partial charge on any atom is -0.380 e. The number of aromatic nitrogens is 4. The first kappa shape index (κ1) is 21.6. The first-order valence-electron chi connectivity index (χ1n) is 10.5. The number of benzene rings is 1. The highest BCUT2D eigenvalue weighted by Gasteiger charge is 2.13. The van der Waals surface area contributed by atoms with Gasteiger partial charge in [-0.2, -0.15) is 0 Å². The molecule has 0 aliphatic carbocycles. The van der Waals surface area contributed by atoms with Gasteiger partial charge < -0.3 is 10.1 Å². The van der Waals surface area contributed by atoms with Crippen molar-refractivity contribution in [1.29, 1.82) is 0 Å². The van der Waals surface area contributed by atoms with Gasteiger partial charge in [0.05, 0.1) is 18.8 Å². The van der Waals surface area contributed by atoms with Gasteiger partial charge in [-0.3, -0.25) is 14.3 Å². The summed E-state index contributed by atoms with van der Waals surface area (Å²) in [6.45, 7) is 3.72. The van der Waals surface area contributed by atoms with Gasteiger partial charge in [0, 0.05) is 37.0 Å². The smallest absolute Gasteiger partial charge is 0.295 e.